The van der Waals surface area contributed by atoms with Crippen LogP contribution in [0, 0.1) is 0 Å². The van der Waals surface area contributed by atoms with Crippen LogP contribution in [0.2, 0.25) is 0 Å². The van der Waals surface area contributed by atoms with Crippen molar-refractivity contribution in [1.29, 1.82) is 0 Å². The van der Waals surface area contributed by atoms with Gasteiger partial charge in [0.1, 0.15) is 11.4 Å². The summed E-state index contributed by atoms with van der Waals surface area (Å²) in [5, 5.41) is 17.1. The van der Waals surface area contributed by atoms with Crippen LogP contribution in [0.1, 0.15) is 5.56 Å². The zero-order valence-corrected chi connectivity index (χ0v) is 14.7. The molecule has 0 bridgehead atoms. The quantitative estimate of drug-likeness (QED) is 0.537. The van der Waals surface area contributed by atoms with Crippen molar-refractivity contribution in [2.45, 2.75) is 6.54 Å². The topological polar surface area (TPSA) is 77.2 Å². The van der Waals surface area contributed by atoms with Gasteiger partial charge in [0.15, 0.2) is 5.82 Å². The molecule has 0 saturated carbocycles. The fraction of sp³-hybridized carbons (Fsp3) is 0.100. The molecule has 0 saturated heterocycles. The fourth-order valence-electron chi connectivity index (χ4n) is 3.22. The Hall–Kier alpha value is -3.74. The third kappa shape index (κ3) is 2.79. The van der Waals surface area contributed by atoms with Gasteiger partial charge in [-0.05, 0) is 17.7 Å². The van der Waals surface area contributed by atoms with Gasteiger partial charge in [-0.2, -0.15) is 5.10 Å². The van der Waals surface area contributed by atoms with Crippen LogP contribution in [0.4, 0.5) is 0 Å². The van der Waals surface area contributed by atoms with Crippen molar-refractivity contribution in [2.24, 2.45) is 7.05 Å². The number of imidazole rings is 1. The molecule has 0 amide bonds. The molecule has 2 aromatic carbocycles. The van der Waals surface area contributed by atoms with Gasteiger partial charge in [0.2, 0.25) is 0 Å². The van der Waals surface area contributed by atoms with Gasteiger partial charge in [-0.15, -0.1) is 5.10 Å². The van der Waals surface area contributed by atoms with Crippen LogP contribution in [-0.4, -0.2) is 34.7 Å². The fourth-order valence-corrected chi connectivity index (χ4v) is 3.22. The first-order chi connectivity index (χ1) is 13.3. The van der Waals surface area contributed by atoms with Gasteiger partial charge >= 0.3 is 0 Å². The number of hydrogen-bond acceptors (Lipinski definition) is 4. The Morgan fingerprint density at radius 3 is 2.78 bits per heavy atom. The average Bonchev–Trinajstić information content (AvgIpc) is 3.41. The number of H-pyrrole nitrogens is 1. The first kappa shape index (κ1) is 15.5. The Bertz CT molecular complexity index is 1210. The highest BCUT2D eigenvalue weighted by Crippen LogP contribution is 2.28. The van der Waals surface area contributed by atoms with E-state index in [0.717, 1.165) is 33.7 Å². The number of aromatic amines is 1. The Morgan fingerprint density at radius 2 is 1.96 bits per heavy atom. The number of hydrogen-bond donors (Lipinski definition) is 1. The molecule has 0 spiro atoms. The molecular weight excluding hydrogens is 338 g/mol. The molecule has 0 fully saturated rings. The van der Waals surface area contributed by atoms with Crippen LogP contribution in [0.3, 0.4) is 0 Å². The minimum atomic E-state index is 0.695. The van der Waals surface area contributed by atoms with E-state index in [1.807, 2.05) is 59.0 Å². The van der Waals surface area contributed by atoms with E-state index in [1.165, 1.54) is 5.56 Å². The second-order valence-electron chi connectivity index (χ2n) is 6.48. The van der Waals surface area contributed by atoms with Crippen molar-refractivity contribution < 1.29 is 0 Å². The number of benzene rings is 2. The number of fused-ring (bicyclic) bond motifs is 1. The van der Waals surface area contributed by atoms with Gasteiger partial charge < -0.3 is 4.57 Å². The van der Waals surface area contributed by atoms with Gasteiger partial charge in [0.25, 0.3) is 0 Å². The highest BCUT2D eigenvalue weighted by Gasteiger charge is 2.14. The molecule has 132 valence electrons. The molecule has 0 aliphatic rings. The number of aryl methyl sites for hydroxylation is 1. The van der Waals surface area contributed by atoms with E-state index in [2.05, 4.69) is 43.7 Å². The van der Waals surface area contributed by atoms with E-state index in [9.17, 15) is 0 Å². The predicted molar refractivity (Wildman–Crippen MR) is 103 cm³/mol. The summed E-state index contributed by atoms with van der Waals surface area (Å²) < 4.78 is 3.81. The van der Waals surface area contributed by atoms with Crippen LogP contribution in [-0.2, 0) is 13.6 Å². The SMILES string of the molecule is Cn1ccnc1-c1n[nH]c2ccc(-c3cn(Cc4ccccc4)nn3)cc12. The molecule has 3 aromatic heterocycles. The minimum Gasteiger partial charge on any atom is -0.333 e. The first-order valence-corrected chi connectivity index (χ1v) is 8.68. The summed E-state index contributed by atoms with van der Waals surface area (Å²) in [7, 11) is 1.96. The number of nitrogens with one attached hydrogen (secondary N) is 1. The lowest BCUT2D eigenvalue weighted by Crippen LogP contribution is -1.99. The molecule has 0 atom stereocenters. The van der Waals surface area contributed by atoms with Crippen molar-refractivity contribution in [2.75, 3.05) is 0 Å². The molecule has 0 aliphatic heterocycles. The highest BCUT2D eigenvalue weighted by molar-refractivity contribution is 5.94. The molecule has 7 nitrogen and oxygen atoms in total. The summed E-state index contributed by atoms with van der Waals surface area (Å²) in [6.07, 6.45) is 5.65. The number of aromatic nitrogens is 7. The molecule has 5 aromatic rings. The number of rotatable bonds is 4. The smallest absolute Gasteiger partial charge is 0.160 e. The van der Waals surface area contributed by atoms with Gasteiger partial charge in [0, 0.05) is 30.4 Å². The van der Waals surface area contributed by atoms with Crippen molar-refractivity contribution in [3.8, 4) is 22.8 Å². The van der Waals surface area contributed by atoms with Crippen LogP contribution in [0.5, 0.6) is 0 Å². The minimum absolute atomic E-state index is 0.695. The lowest BCUT2D eigenvalue weighted by Gasteiger charge is -2.01. The third-order valence-electron chi connectivity index (χ3n) is 4.62. The van der Waals surface area contributed by atoms with E-state index >= 15 is 0 Å². The maximum Gasteiger partial charge on any atom is 0.160 e. The molecular formula is C20H17N7. The molecule has 0 unspecified atom stereocenters. The molecule has 0 radical (unpaired) electrons. The highest BCUT2D eigenvalue weighted by atomic mass is 15.4. The van der Waals surface area contributed by atoms with E-state index in [1.54, 1.807) is 6.20 Å². The Kier molecular flexibility index (Phi) is 3.57. The van der Waals surface area contributed by atoms with Crippen LogP contribution < -0.4 is 0 Å². The molecule has 0 aliphatic carbocycles. The lowest BCUT2D eigenvalue weighted by atomic mass is 10.1. The van der Waals surface area contributed by atoms with Crippen molar-refractivity contribution in [3.63, 3.8) is 0 Å². The Labute approximate surface area is 155 Å². The normalized spacial score (nSPS) is 11.3. The summed E-state index contributed by atoms with van der Waals surface area (Å²) in [5.74, 6) is 0.825. The summed E-state index contributed by atoms with van der Waals surface area (Å²) in [5.41, 5.74) is 4.82. The van der Waals surface area contributed by atoms with Crippen LogP contribution in [0.15, 0.2) is 67.1 Å². The van der Waals surface area contributed by atoms with Gasteiger partial charge in [0.05, 0.1) is 18.3 Å². The molecule has 27 heavy (non-hydrogen) atoms. The van der Waals surface area contributed by atoms with Gasteiger partial charge in [-0.25, -0.2) is 9.67 Å². The average molecular weight is 355 g/mol. The van der Waals surface area contributed by atoms with Gasteiger partial charge in [-0.1, -0.05) is 41.6 Å². The van der Waals surface area contributed by atoms with Crippen molar-refractivity contribution in [3.05, 3.63) is 72.7 Å². The van der Waals surface area contributed by atoms with Crippen molar-refractivity contribution >= 4 is 10.9 Å². The van der Waals surface area contributed by atoms with Gasteiger partial charge in [-0.3, -0.25) is 5.10 Å². The summed E-state index contributed by atoms with van der Waals surface area (Å²) in [6, 6.07) is 16.4. The molecule has 5 rings (SSSR count). The lowest BCUT2D eigenvalue weighted by molar-refractivity contribution is 0.650. The standard InChI is InChI=1S/C20H17N7/c1-26-10-9-21-20(26)19-16-11-15(7-8-17(16)22-24-19)18-13-27(25-23-18)12-14-5-3-2-4-6-14/h2-11,13H,12H2,1H3,(H,22,24). The second-order valence-corrected chi connectivity index (χ2v) is 6.48. The number of nitrogens with zero attached hydrogens (tertiary/aromatic N) is 6. The molecule has 1 N–H and O–H groups in total. The molecule has 7 heteroatoms. The van der Waals surface area contributed by atoms with E-state index in [-0.39, 0.29) is 0 Å². The second kappa shape index (κ2) is 6.21. The summed E-state index contributed by atoms with van der Waals surface area (Å²) >= 11 is 0. The van der Waals surface area contributed by atoms with Crippen molar-refractivity contribution in [1.82, 2.24) is 34.7 Å². The monoisotopic (exact) mass is 355 g/mol. The summed E-state index contributed by atoms with van der Waals surface area (Å²) in [6.45, 7) is 0.695. The third-order valence-corrected chi connectivity index (χ3v) is 4.62. The predicted octanol–water partition coefficient (Wildman–Crippen LogP) is 3.27. The zero-order valence-electron chi connectivity index (χ0n) is 14.7. The van der Waals surface area contributed by atoms with Crippen LogP contribution in [0.25, 0.3) is 33.7 Å². The molecule has 3 heterocycles. The maximum absolute atomic E-state index is 4.44. The zero-order chi connectivity index (χ0) is 18.2. The maximum atomic E-state index is 4.44. The Balaban J connectivity index is 1.51. The summed E-state index contributed by atoms with van der Waals surface area (Å²) in [4.78, 5) is 4.41. The van der Waals surface area contributed by atoms with Crippen LogP contribution >= 0.6 is 0 Å². The van der Waals surface area contributed by atoms with E-state index in [0.29, 0.717) is 6.54 Å². The van der Waals surface area contributed by atoms with E-state index in [4.69, 9.17) is 0 Å². The largest absolute Gasteiger partial charge is 0.333 e. The van der Waals surface area contributed by atoms with E-state index < -0.39 is 0 Å². The first-order valence-electron chi connectivity index (χ1n) is 8.68. The Morgan fingerprint density at radius 1 is 1.07 bits per heavy atom.